The molecule has 0 N–H and O–H groups in total. The summed E-state index contributed by atoms with van der Waals surface area (Å²) in [7, 11) is 4.01. The van der Waals surface area contributed by atoms with E-state index in [2.05, 4.69) is 10.2 Å². The van der Waals surface area contributed by atoms with Crippen LogP contribution in [0.25, 0.3) is 11.5 Å². The number of benzene rings is 2. The molecule has 0 saturated heterocycles. The van der Waals surface area contributed by atoms with E-state index in [9.17, 15) is 0 Å². The monoisotopic (exact) mass is 309 g/mol. The Morgan fingerprint density at radius 1 is 1.00 bits per heavy atom. The lowest BCUT2D eigenvalue weighted by Crippen LogP contribution is -2.09. The van der Waals surface area contributed by atoms with Crippen LogP contribution in [-0.4, -0.2) is 30.9 Å². The summed E-state index contributed by atoms with van der Waals surface area (Å²) >= 11 is 0. The van der Waals surface area contributed by atoms with Gasteiger partial charge in [0.1, 0.15) is 5.75 Å². The minimum absolute atomic E-state index is 0.493. The van der Waals surface area contributed by atoms with Gasteiger partial charge in [-0.15, -0.1) is 10.2 Å². The summed E-state index contributed by atoms with van der Waals surface area (Å²) in [6.45, 7) is 0.493. The van der Waals surface area contributed by atoms with Gasteiger partial charge in [-0.05, 0) is 24.3 Å². The van der Waals surface area contributed by atoms with Crippen molar-refractivity contribution >= 4 is 5.69 Å². The fourth-order valence-corrected chi connectivity index (χ4v) is 2.16. The zero-order valence-corrected chi connectivity index (χ0v) is 13.3. The maximum absolute atomic E-state index is 5.76. The largest absolute Gasteiger partial charge is 0.493 e. The maximum Gasteiger partial charge on any atom is 0.247 e. The molecular formula is C18H19N3O2. The Morgan fingerprint density at radius 3 is 2.61 bits per heavy atom. The first kappa shape index (κ1) is 15.1. The molecule has 23 heavy (non-hydrogen) atoms. The molecule has 0 saturated carbocycles. The van der Waals surface area contributed by atoms with Crippen LogP contribution in [0.3, 0.4) is 0 Å². The second-order valence-corrected chi connectivity index (χ2v) is 5.36. The second kappa shape index (κ2) is 6.96. The molecule has 5 nitrogen and oxygen atoms in total. The first-order valence-electron chi connectivity index (χ1n) is 7.50. The Kier molecular flexibility index (Phi) is 4.57. The van der Waals surface area contributed by atoms with Crippen molar-refractivity contribution in [3.8, 4) is 17.2 Å². The fraction of sp³-hybridized carbons (Fsp3) is 0.222. The molecule has 0 aliphatic rings. The number of nitrogens with zero attached hydrogens (tertiary/aromatic N) is 3. The average Bonchev–Trinajstić information content (AvgIpc) is 3.05. The first-order chi connectivity index (χ1) is 11.2. The molecule has 0 radical (unpaired) electrons. The van der Waals surface area contributed by atoms with E-state index in [1.807, 2.05) is 73.6 Å². The number of aromatic nitrogens is 2. The van der Waals surface area contributed by atoms with E-state index in [1.165, 1.54) is 0 Å². The topological polar surface area (TPSA) is 51.4 Å². The van der Waals surface area contributed by atoms with Gasteiger partial charge < -0.3 is 14.1 Å². The minimum atomic E-state index is 0.493. The average molecular weight is 309 g/mol. The molecule has 0 spiro atoms. The summed E-state index contributed by atoms with van der Waals surface area (Å²) in [5, 5.41) is 8.14. The van der Waals surface area contributed by atoms with E-state index in [0.717, 1.165) is 17.0 Å². The van der Waals surface area contributed by atoms with Crippen LogP contribution in [0.2, 0.25) is 0 Å². The lowest BCUT2D eigenvalue weighted by Gasteiger charge is -2.13. The van der Waals surface area contributed by atoms with Gasteiger partial charge in [0.25, 0.3) is 0 Å². The molecule has 0 amide bonds. The van der Waals surface area contributed by atoms with Gasteiger partial charge in [0.05, 0.1) is 13.0 Å². The highest BCUT2D eigenvalue weighted by molar-refractivity contribution is 5.51. The van der Waals surface area contributed by atoms with Gasteiger partial charge >= 0.3 is 0 Å². The lowest BCUT2D eigenvalue weighted by atomic mass is 10.2. The van der Waals surface area contributed by atoms with Crippen LogP contribution in [-0.2, 0) is 6.42 Å². The Labute approximate surface area is 135 Å². The minimum Gasteiger partial charge on any atom is -0.493 e. The molecule has 2 aromatic carbocycles. The van der Waals surface area contributed by atoms with Crippen LogP contribution in [0, 0.1) is 0 Å². The summed E-state index contributed by atoms with van der Waals surface area (Å²) in [6, 6.07) is 17.7. The number of hydrogen-bond donors (Lipinski definition) is 0. The van der Waals surface area contributed by atoms with Crippen molar-refractivity contribution in [1.29, 1.82) is 0 Å². The Morgan fingerprint density at radius 2 is 1.83 bits per heavy atom. The second-order valence-electron chi connectivity index (χ2n) is 5.36. The number of rotatable bonds is 6. The van der Waals surface area contributed by atoms with Crippen molar-refractivity contribution in [2.45, 2.75) is 6.42 Å². The third-order valence-electron chi connectivity index (χ3n) is 3.41. The lowest BCUT2D eigenvalue weighted by molar-refractivity contribution is 0.307. The Bertz CT molecular complexity index is 754. The number of ether oxygens (including phenoxy) is 1. The van der Waals surface area contributed by atoms with E-state index < -0.39 is 0 Å². The van der Waals surface area contributed by atoms with Gasteiger partial charge in [-0.3, -0.25) is 0 Å². The first-order valence-corrected chi connectivity index (χ1v) is 7.50. The molecule has 0 aliphatic heterocycles. The predicted octanol–water partition coefficient (Wildman–Crippen LogP) is 3.42. The van der Waals surface area contributed by atoms with E-state index in [0.29, 0.717) is 24.8 Å². The van der Waals surface area contributed by atoms with Crippen LogP contribution in [0.4, 0.5) is 5.69 Å². The zero-order valence-electron chi connectivity index (χ0n) is 13.3. The molecule has 0 aliphatic carbocycles. The third-order valence-corrected chi connectivity index (χ3v) is 3.41. The standard InChI is InChI=1S/C18H19N3O2/c1-21(2)15-9-6-10-16(13-15)22-12-11-17-19-20-18(23-17)14-7-4-3-5-8-14/h3-10,13H,11-12H2,1-2H3. The molecule has 1 aromatic heterocycles. The summed E-state index contributed by atoms with van der Waals surface area (Å²) < 4.78 is 11.4. The van der Waals surface area contributed by atoms with Crippen LogP contribution >= 0.6 is 0 Å². The van der Waals surface area contributed by atoms with Crippen molar-refractivity contribution in [3.63, 3.8) is 0 Å². The molecule has 0 unspecified atom stereocenters. The zero-order chi connectivity index (χ0) is 16.1. The van der Waals surface area contributed by atoms with Crippen LogP contribution in [0.1, 0.15) is 5.89 Å². The molecule has 1 heterocycles. The Balaban J connectivity index is 1.57. The van der Waals surface area contributed by atoms with Crippen LogP contribution < -0.4 is 9.64 Å². The van der Waals surface area contributed by atoms with Gasteiger partial charge in [-0.25, -0.2) is 0 Å². The SMILES string of the molecule is CN(C)c1cccc(OCCc2nnc(-c3ccccc3)o2)c1. The van der Waals surface area contributed by atoms with Gasteiger partial charge in [-0.2, -0.15) is 0 Å². The van der Waals surface area contributed by atoms with E-state index in [-0.39, 0.29) is 0 Å². The Hall–Kier alpha value is -2.82. The smallest absolute Gasteiger partial charge is 0.247 e. The predicted molar refractivity (Wildman–Crippen MR) is 89.7 cm³/mol. The van der Waals surface area contributed by atoms with Gasteiger partial charge in [0.2, 0.25) is 11.8 Å². The van der Waals surface area contributed by atoms with Crippen molar-refractivity contribution in [2.24, 2.45) is 0 Å². The van der Waals surface area contributed by atoms with Gasteiger partial charge in [0, 0.05) is 31.4 Å². The van der Waals surface area contributed by atoms with Crippen molar-refractivity contribution in [3.05, 3.63) is 60.5 Å². The van der Waals surface area contributed by atoms with E-state index in [1.54, 1.807) is 0 Å². The summed E-state index contributed by atoms with van der Waals surface area (Å²) in [4.78, 5) is 2.04. The summed E-state index contributed by atoms with van der Waals surface area (Å²) in [5.41, 5.74) is 2.03. The van der Waals surface area contributed by atoms with Crippen LogP contribution in [0.15, 0.2) is 59.0 Å². The van der Waals surface area contributed by atoms with Crippen LogP contribution in [0.5, 0.6) is 5.75 Å². The molecule has 5 heteroatoms. The van der Waals surface area contributed by atoms with E-state index in [4.69, 9.17) is 9.15 Å². The van der Waals surface area contributed by atoms with Gasteiger partial charge in [-0.1, -0.05) is 24.3 Å². The van der Waals surface area contributed by atoms with Crippen molar-refractivity contribution in [2.75, 3.05) is 25.6 Å². The highest BCUT2D eigenvalue weighted by Crippen LogP contribution is 2.20. The molecule has 118 valence electrons. The quantitative estimate of drug-likeness (QED) is 0.698. The summed E-state index contributed by atoms with van der Waals surface area (Å²) in [5.74, 6) is 1.95. The van der Waals surface area contributed by atoms with E-state index >= 15 is 0 Å². The van der Waals surface area contributed by atoms with Crippen molar-refractivity contribution < 1.29 is 9.15 Å². The highest BCUT2D eigenvalue weighted by atomic mass is 16.5. The van der Waals surface area contributed by atoms with Crippen molar-refractivity contribution in [1.82, 2.24) is 10.2 Å². The molecule has 3 aromatic rings. The fourth-order valence-electron chi connectivity index (χ4n) is 2.16. The number of hydrogen-bond acceptors (Lipinski definition) is 5. The maximum atomic E-state index is 5.76. The van der Waals surface area contributed by atoms with Gasteiger partial charge in [0.15, 0.2) is 0 Å². The highest BCUT2D eigenvalue weighted by Gasteiger charge is 2.08. The molecule has 3 rings (SSSR count). The molecule has 0 atom stereocenters. The normalized spacial score (nSPS) is 10.5. The third kappa shape index (κ3) is 3.88. The molecule has 0 fully saturated rings. The number of anilines is 1. The molecular weight excluding hydrogens is 290 g/mol. The summed E-state index contributed by atoms with van der Waals surface area (Å²) in [6.07, 6.45) is 0.575. The molecule has 0 bridgehead atoms.